The molecule has 0 bridgehead atoms. The third kappa shape index (κ3) is 4.15. The molecule has 1 atom stereocenters. The first-order valence-corrected chi connectivity index (χ1v) is 5.28. The SMILES string of the molecule is O=S(O)CCCc1cccc(F)c1. The van der Waals surface area contributed by atoms with Gasteiger partial charge in [0.25, 0.3) is 0 Å². The normalized spacial score (nSPS) is 12.8. The summed E-state index contributed by atoms with van der Waals surface area (Å²) in [5, 5.41) is 0. The first-order chi connectivity index (χ1) is 6.18. The van der Waals surface area contributed by atoms with Crippen molar-refractivity contribution in [3.63, 3.8) is 0 Å². The van der Waals surface area contributed by atoms with Gasteiger partial charge in [0.05, 0.1) is 0 Å². The molecule has 0 saturated carbocycles. The van der Waals surface area contributed by atoms with Gasteiger partial charge in [0, 0.05) is 5.75 Å². The Balaban J connectivity index is 2.41. The van der Waals surface area contributed by atoms with Gasteiger partial charge in [0.1, 0.15) is 5.82 Å². The fourth-order valence-electron chi connectivity index (χ4n) is 1.09. The highest BCUT2D eigenvalue weighted by Gasteiger charge is 1.97. The standard InChI is InChI=1S/C9H11FO2S/c10-9-5-1-3-8(7-9)4-2-6-13(11)12/h1,3,5,7H,2,4,6H2,(H,11,12). The number of halogens is 1. The Kier molecular flexibility index (Phi) is 4.05. The minimum Gasteiger partial charge on any atom is -0.306 e. The predicted molar refractivity (Wildman–Crippen MR) is 50.4 cm³/mol. The molecule has 0 saturated heterocycles. The first-order valence-electron chi connectivity index (χ1n) is 4.00. The summed E-state index contributed by atoms with van der Waals surface area (Å²) >= 11 is -1.74. The molecule has 0 radical (unpaired) electrons. The van der Waals surface area contributed by atoms with Crippen molar-refractivity contribution in [2.24, 2.45) is 0 Å². The summed E-state index contributed by atoms with van der Waals surface area (Å²) in [6.45, 7) is 0. The maximum absolute atomic E-state index is 12.6. The maximum Gasteiger partial charge on any atom is 0.152 e. The van der Waals surface area contributed by atoms with E-state index >= 15 is 0 Å². The van der Waals surface area contributed by atoms with E-state index in [1.165, 1.54) is 12.1 Å². The number of benzene rings is 1. The van der Waals surface area contributed by atoms with Crippen LogP contribution in [-0.4, -0.2) is 14.5 Å². The van der Waals surface area contributed by atoms with Crippen LogP contribution in [0.25, 0.3) is 0 Å². The minimum atomic E-state index is -1.74. The fourth-order valence-corrected chi connectivity index (χ4v) is 1.48. The molecule has 1 rings (SSSR count). The summed E-state index contributed by atoms with van der Waals surface area (Å²) in [6, 6.07) is 6.28. The van der Waals surface area contributed by atoms with Gasteiger partial charge in [0.2, 0.25) is 0 Å². The topological polar surface area (TPSA) is 37.3 Å². The number of rotatable bonds is 4. The van der Waals surface area contributed by atoms with Crippen LogP contribution < -0.4 is 0 Å². The van der Waals surface area contributed by atoms with Crippen LogP contribution in [0.15, 0.2) is 24.3 Å². The van der Waals surface area contributed by atoms with E-state index in [0.29, 0.717) is 12.8 Å². The van der Waals surface area contributed by atoms with Crippen LogP contribution in [-0.2, 0) is 17.5 Å². The largest absolute Gasteiger partial charge is 0.306 e. The highest BCUT2D eigenvalue weighted by molar-refractivity contribution is 7.79. The molecule has 0 aromatic heterocycles. The van der Waals surface area contributed by atoms with E-state index in [0.717, 1.165) is 5.56 Å². The van der Waals surface area contributed by atoms with Crippen LogP contribution in [0.5, 0.6) is 0 Å². The monoisotopic (exact) mass is 202 g/mol. The van der Waals surface area contributed by atoms with Gasteiger partial charge in [-0.25, -0.2) is 8.60 Å². The van der Waals surface area contributed by atoms with Gasteiger partial charge >= 0.3 is 0 Å². The van der Waals surface area contributed by atoms with Gasteiger partial charge in [-0.05, 0) is 30.5 Å². The zero-order valence-corrected chi connectivity index (χ0v) is 7.89. The van der Waals surface area contributed by atoms with E-state index in [2.05, 4.69) is 0 Å². The molecule has 0 amide bonds. The van der Waals surface area contributed by atoms with Crippen molar-refractivity contribution in [3.8, 4) is 0 Å². The van der Waals surface area contributed by atoms with Crippen molar-refractivity contribution in [2.75, 3.05) is 5.75 Å². The predicted octanol–water partition coefficient (Wildman–Crippen LogP) is 1.98. The van der Waals surface area contributed by atoms with Gasteiger partial charge in [0.15, 0.2) is 11.1 Å². The Morgan fingerprint density at radius 2 is 2.23 bits per heavy atom. The van der Waals surface area contributed by atoms with Crippen molar-refractivity contribution in [2.45, 2.75) is 12.8 Å². The number of aryl methyl sites for hydroxylation is 1. The van der Waals surface area contributed by atoms with Gasteiger partial charge in [-0.1, -0.05) is 12.1 Å². The molecule has 0 heterocycles. The molecule has 1 aromatic rings. The summed E-state index contributed by atoms with van der Waals surface area (Å²) < 4.78 is 31.4. The average molecular weight is 202 g/mol. The maximum atomic E-state index is 12.6. The second kappa shape index (κ2) is 5.09. The Hall–Kier alpha value is -0.740. The molecule has 1 unspecified atom stereocenters. The van der Waals surface area contributed by atoms with Gasteiger partial charge < -0.3 is 4.55 Å². The molecule has 0 spiro atoms. The molecule has 0 aliphatic carbocycles. The summed E-state index contributed by atoms with van der Waals surface area (Å²) in [7, 11) is 0. The molecular formula is C9H11FO2S. The quantitative estimate of drug-likeness (QED) is 0.758. The van der Waals surface area contributed by atoms with Gasteiger partial charge in [-0.15, -0.1) is 0 Å². The van der Waals surface area contributed by atoms with E-state index in [-0.39, 0.29) is 11.6 Å². The first kappa shape index (κ1) is 10.3. The molecule has 2 nitrogen and oxygen atoms in total. The third-order valence-corrected chi connectivity index (χ3v) is 2.31. The van der Waals surface area contributed by atoms with E-state index in [4.69, 9.17) is 4.55 Å². The molecule has 0 fully saturated rings. The minimum absolute atomic E-state index is 0.247. The molecule has 0 aliphatic heterocycles. The van der Waals surface area contributed by atoms with E-state index in [1.54, 1.807) is 6.07 Å². The number of hydrogen-bond donors (Lipinski definition) is 1. The van der Waals surface area contributed by atoms with Crippen molar-refractivity contribution >= 4 is 11.1 Å². The Labute approximate surface area is 79.1 Å². The second-order valence-corrected chi connectivity index (χ2v) is 3.81. The summed E-state index contributed by atoms with van der Waals surface area (Å²) in [6.07, 6.45) is 1.25. The molecule has 1 N–H and O–H groups in total. The van der Waals surface area contributed by atoms with Crippen molar-refractivity contribution in [3.05, 3.63) is 35.6 Å². The van der Waals surface area contributed by atoms with Crippen molar-refractivity contribution in [1.82, 2.24) is 0 Å². The molecule has 13 heavy (non-hydrogen) atoms. The lowest BCUT2D eigenvalue weighted by atomic mass is 10.1. The average Bonchev–Trinajstić information content (AvgIpc) is 2.03. The van der Waals surface area contributed by atoms with Crippen LogP contribution in [0.4, 0.5) is 4.39 Å². The van der Waals surface area contributed by atoms with Gasteiger partial charge in [-0.3, -0.25) is 0 Å². The number of hydrogen-bond acceptors (Lipinski definition) is 1. The molecular weight excluding hydrogens is 191 g/mol. The van der Waals surface area contributed by atoms with E-state index < -0.39 is 11.1 Å². The highest BCUT2D eigenvalue weighted by atomic mass is 32.2. The van der Waals surface area contributed by atoms with Crippen LogP contribution >= 0.6 is 0 Å². The zero-order valence-electron chi connectivity index (χ0n) is 7.07. The van der Waals surface area contributed by atoms with Gasteiger partial charge in [-0.2, -0.15) is 0 Å². The molecule has 72 valence electrons. The van der Waals surface area contributed by atoms with E-state index in [1.807, 2.05) is 6.07 Å². The van der Waals surface area contributed by atoms with Crippen LogP contribution in [0.1, 0.15) is 12.0 Å². The molecule has 4 heteroatoms. The lowest BCUT2D eigenvalue weighted by Crippen LogP contribution is -1.97. The summed E-state index contributed by atoms with van der Waals surface area (Å²) in [5.41, 5.74) is 0.866. The Morgan fingerprint density at radius 1 is 1.46 bits per heavy atom. The van der Waals surface area contributed by atoms with Crippen LogP contribution in [0.3, 0.4) is 0 Å². The van der Waals surface area contributed by atoms with Crippen LogP contribution in [0, 0.1) is 5.82 Å². The highest BCUT2D eigenvalue weighted by Crippen LogP contribution is 2.06. The summed E-state index contributed by atoms with van der Waals surface area (Å²) in [5.74, 6) is -0.0149. The van der Waals surface area contributed by atoms with Crippen LogP contribution in [0.2, 0.25) is 0 Å². The van der Waals surface area contributed by atoms with Crippen molar-refractivity contribution < 1.29 is 13.2 Å². The Morgan fingerprint density at radius 3 is 2.85 bits per heavy atom. The van der Waals surface area contributed by atoms with Crippen molar-refractivity contribution in [1.29, 1.82) is 0 Å². The second-order valence-electron chi connectivity index (χ2n) is 2.76. The van der Waals surface area contributed by atoms with E-state index in [9.17, 15) is 8.60 Å². The third-order valence-electron chi connectivity index (χ3n) is 1.67. The lowest BCUT2D eigenvalue weighted by molar-refractivity contribution is 0.561. The molecule has 0 aliphatic rings. The molecule has 1 aromatic carbocycles. The lowest BCUT2D eigenvalue weighted by Gasteiger charge is -1.99. The smallest absolute Gasteiger partial charge is 0.152 e. The summed E-state index contributed by atoms with van der Waals surface area (Å²) in [4.78, 5) is 0. The fraction of sp³-hybridized carbons (Fsp3) is 0.333. The zero-order chi connectivity index (χ0) is 9.68. The Bertz CT molecular complexity index is 301.